The molecule has 27 heavy (non-hydrogen) atoms. The van der Waals surface area contributed by atoms with Crippen LogP contribution < -0.4 is 5.32 Å². The van der Waals surface area contributed by atoms with Crippen molar-refractivity contribution in [3.63, 3.8) is 0 Å². The van der Waals surface area contributed by atoms with E-state index < -0.39 is 0 Å². The summed E-state index contributed by atoms with van der Waals surface area (Å²) < 4.78 is 4.89. The molecule has 1 saturated heterocycles. The van der Waals surface area contributed by atoms with E-state index in [1.807, 2.05) is 12.1 Å². The van der Waals surface area contributed by atoms with Gasteiger partial charge in [-0.25, -0.2) is 9.78 Å². The molecule has 0 unspecified atom stereocenters. The number of hydrogen-bond donors (Lipinski definition) is 1. The van der Waals surface area contributed by atoms with E-state index in [1.54, 1.807) is 19.2 Å². The largest absolute Gasteiger partial charge is 0.463 e. The molecule has 0 amide bonds. The van der Waals surface area contributed by atoms with Crippen molar-refractivity contribution < 1.29 is 9.53 Å². The molecule has 1 N–H and O–H groups in total. The highest BCUT2D eigenvalue weighted by Crippen LogP contribution is 2.26. The first kappa shape index (κ1) is 19.9. The number of rotatable bonds is 7. The molecule has 5 heteroatoms. The topological polar surface area (TPSA) is 54.5 Å². The third-order valence-corrected chi connectivity index (χ3v) is 5.58. The Labute approximate surface area is 163 Å². The van der Waals surface area contributed by atoms with Gasteiger partial charge in [0.05, 0.1) is 6.61 Å². The highest BCUT2D eigenvalue weighted by atomic mass is 16.5. The predicted molar refractivity (Wildman–Crippen MR) is 110 cm³/mol. The normalized spacial score (nSPS) is 22.0. The van der Waals surface area contributed by atoms with Crippen LogP contribution in [0.3, 0.4) is 0 Å². The number of likely N-dealkylation sites (tertiary alicyclic amines) is 1. The lowest BCUT2D eigenvalue weighted by atomic mass is 9.88. The summed E-state index contributed by atoms with van der Waals surface area (Å²) in [7, 11) is 0. The quantitative estimate of drug-likeness (QED) is 0.577. The average Bonchev–Trinajstić information content (AvgIpc) is 2.69. The lowest BCUT2D eigenvalue weighted by molar-refractivity contribution is -0.137. The predicted octanol–water partition coefficient (Wildman–Crippen LogP) is 4.11. The van der Waals surface area contributed by atoms with E-state index in [4.69, 9.17) is 4.74 Å². The first-order chi connectivity index (χ1) is 13.2. The molecular formula is C22H33N3O2. The van der Waals surface area contributed by atoms with E-state index in [0.717, 1.165) is 23.8 Å². The highest BCUT2D eigenvalue weighted by molar-refractivity contribution is 5.86. The minimum Gasteiger partial charge on any atom is -0.463 e. The highest BCUT2D eigenvalue weighted by Gasteiger charge is 2.23. The summed E-state index contributed by atoms with van der Waals surface area (Å²) >= 11 is 0. The fourth-order valence-electron chi connectivity index (χ4n) is 4.23. The summed E-state index contributed by atoms with van der Waals surface area (Å²) in [5, 5.41) is 3.59. The van der Waals surface area contributed by atoms with Gasteiger partial charge in [-0.2, -0.15) is 0 Å². The zero-order chi connectivity index (χ0) is 18.9. The minimum atomic E-state index is -0.319. The summed E-state index contributed by atoms with van der Waals surface area (Å²) in [6, 6.07) is 4.44. The second-order valence-electron chi connectivity index (χ2n) is 7.81. The maximum Gasteiger partial charge on any atom is 0.330 e. The molecule has 1 aliphatic carbocycles. The fraction of sp³-hybridized carbons (Fsp3) is 0.636. The molecule has 1 aromatic rings. The standard InChI is InChI=1S/C22H33N3O2/c1-2-27-22(26)13-11-18-10-12-21(23-15-18)24-20-9-6-14-25(17-20)16-19-7-4-3-5-8-19/h10-13,15,19-20H,2-9,14,16-17H2,1H3,(H,23,24)/b13-11+/t20-/m0/s1. The molecule has 0 bridgehead atoms. The Morgan fingerprint density at radius 3 is 2.85 bits per heavy atom. The van der Waals surface area contributed by atoms with E-state index in [0.29, 0.717) is 12.6 Å². The number of aromatic nitrogens is 1. The first-order valence-electron chi connectivity index (χ1n) is 10.5. The van der Waals surface area contributed by atoms with Crippen molar-refractivity contribution in [3.05, 3.63) is 30.0 Å². The van der Waals surface area contributed by atoms with Gasteiger partial charge in [0, 0.05) is 31.4 Å². The smallest absolute Gasteiger partial charge is 0.330 e. The Bertz CT molecular complexity index is 608. The van der Waals surface area contributed by atoms with E-state index >= 15 is 0 Å². The average molecular weight is 372 g/mol. The summed E-state index contributed by atoms with van der Waals surface area (Å²) in [5.74, 6) is 1.49. The summed E-state index contributed by atoms with van der Waals surface area (Å²) in [6.45, 7) is 5.81. The summed E-state index contributed by atoms with van der Waals surface area (Å²) in [4.78, 5) is 18.5. The van der Waals surface area contributed by atoms with Crippen LogP contribution >= 0.6 is 0 Å². The zero-order valence-electron chi connectivity index (χ0n) is 16.5. The number of anilines is 1. The van der Waals surface area contributed by atoms with Gasteiger partial charge in [-0.3, -0.25) is 0 Å². The van der Waals surface area contributed by atoms with Crippen LogP contribution in [-0.4, -0.2) is 48.1 Å². The number of pyridine rings is 1. The van der Waals surface area contributed by atoms with Crippen LogP contribution in [0.15, 0.2) is 24.4 Å². The number of nitrogens with one attached hydrogen (secondary N) is 1. The van der Waals surface area contributed by atoms with Crippen molar-refractivity contribution in [1.82, 2.24) is 9.88 Å². The van der Waals surface area contributed by atoms with Gasteiger partial charge in [-0.05, 0) is 68.8 Å². The van der Waals surface area contributed by atoms with Crippen LogP contribution in [0, 0.1) is 5.92 Å². The number of ether oxygens (including phenoxy) is 1. The van der Waals surface area contributed by atoms with Gasteiger partial charge in [0.15, 0.2) is 0 Å². The van der Waals surface area contributed by atoms with Crippen LogP contribution in [0.1, 0.15) is 57.4 Å². The number of carbonyl (C=O) groups excluding carboxylic acids is 1. The number of piperidine rings is 1. The van der Waals surface area contributed by atoms with Crippen molar-refractivity contribution >= 4 is 17.9 Å². The molecule has 2 fully saturated rings. The van der Waals surface area contributed by atoms with Gasteiger partial charge in [0.2, 0.25) is 0 Å². The van der Waals surface area contributed by atoms with Crippen LogP contribution in [0.4, 0.5) is 5.82 Å². The molecular weight excluding hydrogens is 338 g/mol. The number of esters is 1. The Morgan fingerprint density at radius 1 is 1.26 bits per heavy atom. The van der Waals surface area contributed by atoms with Crippen molar-refractivity contribution in [2.45, 2.75) is 57.9 Å². The second kappa shape index (κ2) is 10.5. The van der Waals surface area contributed by atoms with E-state index in [2.05, 4.69) is 15.2 Å². The maximum absolute atomic E-state index is 11.4. The number of hydrogen-bond acceptors (Lipinski definition) is 5. The van der Waals surface area contributed by atoms with E-state index in [9.17, 15) is 4.79 Å². The lowest BCUT2D eigenvalue weighted by Crippen LogP contribution is -2.44. The molecule has 1 aliphatic heterocycles. The molecule has 3 rings (SSSR count). The SMILES string of the molecule is CCOC(=O)/C=C/c1ccc(N[C@H]2CCCN(CC3CCCCC3)C2)nc1. The molecule has 148 valence electrons. The first-order valence-corrected chi connectivity index (χ1v) is 10.5. The molecule has 2 aliphatic rings. The molecule has 0 aromatic carbocycles. The Hall–Kier alpha value is -1.88. The maximum atomic E-state index is 11.4. The lowest BCUT2D eigenvalue weighted by Gasteiger charge is -2.36. The molecule has 5 nitrogen and oxygen atoms in total. The van der Waals surface area contributed by atoms with Crippen molar-refractivity contribution in [2.75, 3.05) is 31.6 Å². The molecule has 1 aromatic heterocycles. The minimum absolute atomic E-state index is 0.319. The van der Waals surface area contributed by atoms with Gasteiger partial charge in [0.1, 0.15) is 5.82 Å². The number of nitrogens with zero attached hydrogens (tertiary/aromatic N) is 2. The third kappa shape index (κ3) is 6.65. The Morgan fingerprint density at radius 2 is 2.11 bits per heavy atom. The zero-order valence-corrected chi connectivity index (χ0v) is 16.5. The molecule has 0 radical (unpaired) electrons. The molecule has 0 spiro atoms. The monoisotopic (exact) mass is 371 g/mol. The summed E-state index contributed by atoms with van der Waals surface area (Å²) in [6.07, 6.45) is 14.5. The molecule has 1 saturated carbocycles. The summed E-state index contributed by atoms with van der Waals surface area (Å²) in [5.41, 5.74) is 0.899. The van der Waals surface area contributed by atoms with Crippen LogP contribution in [0.5, 0.6) is 0 Å². The van der Waals surface area contributed by atoms with Crippen molar-refractivity contribution in [3.8, 4) is 0 Å². The van der Waals surface area contributed by atoms with Crippen molar-refractivity contribution in [1.29, 1.82) is 0 Å². The third-order valence-electron chi connectivity index (χ3n) is 5.58. The molecule has 2 heterocycles. The van der Waals surface area contributed by atoms with Gasteiger partial charge in [0.25, 0.3) is 0 Å². The molecule has 1 atom stereocenters. The van der Waals surface area contributed by atoms with Crippen LogP contribution in [-0.2, 0) is 9.53 Å². The number of carbonyl (C=O) groups is 1. The van der Waals surface area contributed by atoms with Crippen molar-refractivity contribution in [2.24, 2.45) is 5.92 Å². The Balaban J connectivity index is 1.47. The van der Waals surface area contributed by atoms with Gasteiger partial charge < -0.3 is 15.0 Å². The van der Waals surface area contributed by atoms with Crippen LogP contribution in [0.2, 0.25) is 0 Å². The van der Waals surface area contributed by atoms with Gasteiger partial charge in [-0.15, -0.1) is 0 Å². The van der Waals surface area contributed by atoms with Gasteiger partial charge in [-0.1, -0.05) is 19.3 Å². The van der Waals surface area contributed by atoms with E-state index in [-0.39, 0.29) is 5.97 Å². The fourth-order valence-corrected chi connectivity index (χ4v) is 4.23. The van der Waals surface area contributed by atoms with Crippen LogP contribution in [0.25, 0.3) is 6.08 Å². The Kier molecular flexibility index (Phi) is 7.69. The second-order valence-corrected chi connectivity index (χ2v) is 7.81. The van der Waals surface area contributed by atoms with Gasteiger partial charge >= 0.3 is 5.97 Å². The van der Waals surface area contributed by atoms with E-state index in [1.165, 1.54) is 64.1 Å².